The van der Waals surface area contributed by atoms with Gasteiger partial charge in [0, 0.05) is 44.6 Å². The van der Waals surface area contributed by atoms with E-state index in [-0.39, 0.29) is 6.09 Å². The summed E-state index contributed by atoms with van der Waals surface area (Å²) in [4.78, 5) is 22.7. The summed E-state index contributed by atoms with van der Waals surface area (Å²) in [6.07, 6.45) is 5.37. The number of hydrogen-bond donors (Lipinski definition) is 2. The number of imidazole rings is 1. The van der Waals surface area contributed by atoms with Crippen LogP contribution < -0.4 is 10.6 Å². The summed E-state index contributed by atoms with van der Waals surface area (Å²) < 4.78 is 7.23. The smallest absolute Gasteiger partial charge is 0.409 e. The molecule has 2 heterocycles. The number of hydrogen-bond acceptors (Lipinski definition) is 4. The number of benzene rings is 1. The number of guanidine groups is 1. The SMILES string of the molecule is CCNC(=NCc1cccc(Cn2ccnc2C)c1)NC1CCN(C(=O)OCC)CC1. The van der Waals surface area contributed by atoms with Crippen molar-refractivity contribution in [2.75, 3.05) is 26.2 Å². The highest BCUT2D eigenvalue weighted by atomic mass is 16.6. The van der Waals surface area contributed by atoms with Crippen LogP contribution in [-0.4, -0.2) is 58.8 Å². The van der Waals surface area contributed by atoms with Gasteiger partial charge in [0.1, 0.15) is 5.82 Å². The van der Waals surface area contributed by atoms with Crippen molar-refractivity contribution < 1.29 is 9.53 Å². The highest BCUT2D eigenvalue weighted by Gasteiger charge is 2.24. The molecular formula is C23H34N6O2. The molecule has 3 rings (SSSR count). The molecule has 0 aliphatic carbocycles. The first-order valence-corrected chi connectivity index (χ1v) is 11.1. The molecule has 0 saturated carbocycles. The third kappa shape index (κ3) is 6.73. The van der Waals surface area contributed by atoms with Crippen LogP contribution in [0.5, 0.6) is 0 Å². The summed E-state index contributed by atoms with van der Waals surface area (Å²) in [6.45, 7) is 9.94. The minimum Gasteiger partial charge on any atom is -0.450 e. The number of amides is 1. The molecule has 0 unspecified atom stereocenters. The Morgan fingerprint density at radius 3 is 2.71 bits per heavy atom. The Hall–Kier alpha value is -3.03. The normalized spacial score (nSPS) is 15.1. The van der Waals surface area contributed by atoms with Gasteiger partial charge in [-0.15, -0.1) is 0 Å². The molecule has 0 radical (unpaired) electrons. The Kier molecular flexibility index (Phi) is 8.32. The van der Waals surface area contributed by atoms with Gasteiger partial charge < -0.3 is 24.8 Å². The lowest BCUT2D eigenvalue weighted by Crippen LogP contribution is -2.49. The van der Waals surface area contributed by atoms with E-state index in [1.807, 2.05) is 26.2 Å². The predicted octanol–water partition coefficient (Wildman–Crippen LogP) is 2.92. The van der Waals surface area contributed by atoms with Gasteiger partial charge in [0.25, 0.3) is 0 Å². The van der Waals surface area contributed by atoms with Crippen molar-refractivity contribution in [2.24, 2.45) is 4.99 Å². The molecule has 1 aliphatic rings. The van der Waals surface area contributed by atoms with Crippen LogP contribution in [0.4, 0.5) is 4.79 Å². The zero-order chi connectivity index (χ0) is 22.1. The molecule has 168 valence electrons. The monoisotopic (exact) mass is 426 g/mol. The van der Waals surface area contributed by atoms with Gasteiger partial charge in [-0.05, 0) is 44.7 Å². The van der Waals surface area contributed by atoms with Gasteiger partial charge in [-0.25, -0.2) is 14.8 Å². The van der Waals surface area contributed by atoms with E-state index in [9.17, 15) is 4.79 Å². The molecular weight excluding hydrogens is 392 g/mol. The van der Waals surface area contributed by atoms with E-state index in [0.717, 1.165) is 37.7 Å². The Morgan fingerprint density at radius 1 is 1.26 bits per heavy atom. The number of nitrogens with one attached hydrogen (secondary N) is 2. The average Bonchev–Trinajstić information content (AvgIpc) is 3.17. The molecule has 1 aromatic carbocycles. The molecule has 1 amide bonds. The van der Waals surface area contributed by atoms with Crippen LogP contribution in [-0.2, 0) is 17.8 Å². The van der Waals surface area contributed by atoms with Crippen molar-refractivity contribution in [3.05, 3.63) is 53.6 Å². The maximum atomic E-state index is 11.9. The first-order valence-electron chi connectivity index (χ1n) is 11.1. The van der Waals surface area contributed by atoms with Crippen LogP contribution in [0.3, 0.4) is 0 Å². The predicted molar refractivity (Wildman–Crippen MR) is 122 cm³/mol. The second-order valence-corrected chi connectivity index (χ2v) is 7.72. The maximum Gasteiger partial charge on any atom is 0.409 e. The van der Waals surface area contributed by atoms with Gasteiger partial charge in [0.15, 0.2) is 5.96 Å². The van der Waals surface area contributed by atoms with Crippen LogP contribution in [0.15, 0.2) is 41.7 Å². The molecule has 0 bridgehead atoms. The van der Waals surface area contributed by atoms with Gasteiger partial charge in [-0.1, -0.05) is 24.3 Å². The molecule has 8 heteroatoms. The lowest BCUT2D eigenvalue weighted by atomic mass is 10.1. The number of aryl methyl sites for hydroxylation is 1. The number of likely N-dealkylation sites (tertiary alicyclic amines) is 1. The highest BCUT2D eigenvalue weighted by Crippen LogP contribution is 2.12. The van der Waals surface area contributed by atoms with Crippen LogP contribution >= 0.6 is 0 Å². The number of aliphatic imine (C=N–C) groups is 1. The number of aromatic nitrogens is 2. The third-order valence-corrected chi connectivity index (χ3v) is 5.39. The number of ether oxygens (including phenoxy) is 1. The highest BCUT2D eigenvalue weighted by molar-refractivity contribution is 5.80. The molecule has 1 aliphatic heterocycles. The van der Waals surface area contributed by atoms with Gasteiger partial charge in [-0.2, -0.15) is 0 Å². The molecule has 0 spiro atoms. The van der Waals surface area contributed by atoms with E-state index in [0.29, 0.717) is 32.3 Å². The molecule has 8 nitrogen and oxygen atoms in total. The van der Waals surface area contributed by atoms with Crippen molar-refractivity contribution in [1.82, 2.24) is 25.1 Å². The van der Waals surface area contributed by atoms with Crippen molar-refractivity contribution in [1.29, 1.82) is 0 Å². The van der Waals surface area contributed by atoms with E-state index in [1.165, 1.54) is 11.1 Å². The zero-order valence-corrected chi connectivity index (χ0v) is 18.8. The minimum atomic E-state index is -0.215. The van der Waals surface area contributed by atoms with Crippen molar-refractivity contribution in [3.63, 3.8) is 0 Å². The van der Waals surface area contributed by atoms with E-state index < -0.39 is 0 Å². The fourth-order valence-corrected chi connectivity index (χ4v) is 3.70. The lowest BCUT2D eigenvalue weighted by Gasteiger charge is -2.32. The van der Waals surface area contributed by atoms with Crippen LogP contribution in [0, 0.1) is 6.92 Å². The zero-order valence-electron chi connectivity index (χ0n) is 18.8. The van der Waals surface area contributed by atoms with Crippen LogP contribution in [0.1, 0.15) is 43.6 Å². The van der Waals surface area contributed by atoms with Gasteiger partial charge in [-0.3, -0.25) is 0 Å². The molecule has 1 saturated heterocycles. The van der Waals surface area contributed by atoms with Crippen molar-refractivity contribution in [2.45, 2.75) is 52.7 Å². The van der Waals surface area contributed by atoms with Crippen molar-refractivity contribution >= 4 is 12.1 Å². The second-order valence-electron chi connectivity index (χ2n) is 7.72. The van der Waals surface area contributed by atoms with Crippen LogP contribution in [0.25, 0.3) is 0 Å². The summed E-state index contributed by atoms with van der Waals surface area (Å²) in [6, 6.07) is 8.81. The van der Waals surface area contributed by atoms with E-state index >= 15 is 0 Å². The Labute approximate surface area is 184 Å². The summed E-state index contributed by atoms with van der Waals surface area (Å²) in [5.74, 6) is 1.82. The second kappa shape index (κ2) is 11.4. The number of carbonyl (C=O) groups is 1. The topological polar surface area (TPSA) is 83.8 Å². The Morgan fingerprint density at radius 2 is 2.03 bits per heavy atom. The first-order chi connectivity index (χ1) is 15.1. The lowest BCUT2D eigenvalue weighted by molar-refractivity contribution is 0.0963. The third-order valence-electron chi connectivity index (χ3n) is 5.39. The fraction of sp³-hybridized carbons (Fsp3) is 0.522. The van der Waals surface area contributed by atoms with E-state index in [2.05, 4.69) is 51.4 Å². The maximum absolute atomic E-state index is 11.9. The summed E-state index contributed by atoms with van der Waals surface area (Å²) >= 11 is 0. The number of nitrogens with zero attached hydrogens (tertiary/aromatic N) is 4. The minimum absolute atomic E-state index is 0.215. The Bertz CT molecular complexity index is 870. The largest absolute Gasteiger partial charge is 0.450 e. The summed E-state index contributed by atoms with van der Waals surface area (Å²) in [7, 11) is 0. The van der Waals surface area contributed by atoms with E-state index in [1.54, 1.807) is 4.90 Å². The standard InChI is InChI=1S/C23H34N6O2/c1-4-24-22(27-21-9-12-28(13-10-21)23(30)31-5-2)26-16-19-7-6-8-20(15-19)17-29-14-11-25-18(29)3/h6-8,11,14-15,21H,4-5,9-10,12-13,16-17H2,1-3H3,(H2,24,26,27). The van der Waals surface area contributed by atoms with Gasteiger partial charge in [0.2, 0.25) is 0 Å². The number of carbonyl (C=O) groups excluding carboxylic acids is 1. The summed E-state index contributed by atoms with van der Waals surface area (Å²) in [5, 5.41) is 6.86. The molecule has 31 heavy (non-hydrogen) atoms. The van der Waals surface area contributed by atoms with Crippen LogP contribution in [0.2, 0.25) is 0 Å². The molecule has 2 N–H and O–H groups in total. The van der Waals surface area contributed by atoms with Gasteiger partial charge in [0.05, 0.1) is 13.2 Å². The fourth-order valence-electron chi connectivity index (χ4n) is 3.70. The average molecular weight is 427 g/mol. The molecule has 1 aromatic heterocycles. The number of piperidine rings is 1. The quantitative estimate of drug-likeness (QED) is 0.525. The molecule has 0 atom stereocenters. The first kappa shape index (κ1) is 22.7. The number of rotatable bonds is 7. The molecule has 1 fully saturated rings. The molecule has 2 aromatic rings. The summed E-state index contributed by atoms with van der Waals surface area (Å²) in [5.41, 5.74) is 2.41. The Balaban J connectivity index is 1.56. The van der Waals surface area contributed by atoms with Gasteiger partial charge >= 0.3 is 6.09 Å². The van der Waals surface area contributed by atoms with Crippen molar-refractivity contribution in [3.8, 4) is 0 Å². The van der Waals surface area contributed by atoms with E-state index in [4.69, 9.17) is 9.73 Å².